The van der Waals surface area contributed by atoms with E-state index < -0.39 is 224 Å². The zero-order valence-electron chi connectivity index (χ0n) is 74.7. The number of nitrogens with one attached hydrogen (secondary N) is 21. The number of anilines is 3. The van der Waals surface area contributed by atoms with Crippen LogP contribution in [-0.4, -0.2) is 279 Å². The van der Waals surface area contributed by atoms with E-state index in [9.17, 15) is 87.5 Å². The molecule has 0 bridgehead atoms. The summed E-state index contributed by atoms with van der Waals surface area (Å²) in [5.41, 5.74) is 47.4. The van der Waals surface area contributed by atoms with Crippen LogP contribution in [0.1, 0.15) is 124 Å². The molecule has 3 aromatic carbocycles. The quantitative estimate of drug-likeness (QED) is 0.00744. The minimum atomic E-state index is -1.98. The van der Waals surface area contributed by atoms with Crippen molar-refractivity contribution in [2.24, 2.45) is 40.3 Å². The van der Waals surface area contributed by atoms with Crippen LogP contribution in [0, 0.1) is 33.0 Å². The lowest BCUT2D eigenvalue weighted by Crippen LogP contribution is -2.62. The number of carboxylic acid groups (broad SMARTS) is 1. The van der Waals surface area contributed by atoms with Crippen molar-refractivity contribution in [2.45, 2.75) is 183 Å². The Labute approximate surface area is 775 Å². The second-order valence-electron chi connectivity index (χ2n) is 31.5. The first kappa shape index (κ1) is 110. The number of fused-ring (bicyclic) bond motifs is 1. The molecule has 135 heavy (non-hydrogen) atoms. The Balaban J connectivity index is 1.31. The molecule has 0 fully saturated rings. The van der Waals surface area contributed by atoms with Gasteiger partial charge in [0.25, 0.3) is 11.8 Å². The Morgan fingerprint density at radius 3 is 1.23 bits per heavy atom. The number of carbonyl (C=O) groups excluding carboxylic acids is 13. The van der Waals surface area contributed by atoms with Crippen LogP contribution >= 0.6 is 0 Å². The number of aliphatic carboxylic acids is 1. The summed E-state index contributed by atoms with van der Waals surface area (Å²) in [6.07, 6.45) is -1.39. The third-order valence-corrected chi connectivity index (χ3v) is 20.1. The number of aromatic hydroxyl groups is 1. The lowest BCUT2D eigenvalue weighted by molar-refractivity contribution is -0.149. The standard InChI is InChI=1S/C82H124N34O19/c1-42(2)34-56(110-71(128)53(18-11-33-100-81(93)94)104-67(124)49(14-7-29-96-77(85)86)103-60(120)41-135-61(121)28-27-54(76(133)134)108-66(123)45-21-23-47(24-22-45)116(3)38-46-37-101-65-62(102-46)63(83)114-82(95)115-65)72(129)112-59(40-118)75(132)111-57(36-44-19-25-48(119)26-20-44)73(130)113-58(39-117)74(131)107-51(16-9-31-98-79(89)90)69(126)105-50(15-8-30-97-78(87)88)68(125)106-52(17-10-32-99-80(91)92)70(127)109-55(64(84)122)35-43-12-5-4-6-13-43/h4-6,12-13,19-26,37,42,49-59,117-119H,7-11,14-18,27-36,38-41H2,1-3H3,(H2,84,122)(H,103,120)(H,104,124)(H,105,126)(H,106,125)(H,107,131)(H,108,123)(H,109,127)(H,110,128)(H,111,132)(H,112,129)(H,113,130)(H,133,134)(H4,85,86,96)(H4,87,88,97)(H4,89,90,98)(H4,91,92,99)(H4,93,94,100)(H4,83,95,101,114,115)/t49-,50-,51-,52-,53-,54-,55-,56-,57-,58-,59-/m0/s1. The fraction of sp³-hybridized carbons (Fsp3) is 0.476. The smallest absolute Gasteiger partial charge is 0.326 e. The summed E-state index contributed by atoms with van der Waals surface area (Å²) in [5.74, 6) is -18.0. The van der Waals surface area contributed by atoms with Gasteiger partial charge in [-0.25, -0.2) is 14.8 Å². The number of phenols is 1. The van der Waals surface area contributed by atoms with E-state index in [1.165, 1.54) is 42.6 Å². The summed E-state index contributed by atoms with van der Waals surface area (Å²) in [7, 11) is 1.74. The molecule has 53 nitrogen and oxygen atoms in total. The number of aliphatic hydroxyl groups excluding tert-OH is 2. The molecule has 0 spiro atoms. The van der Waals surface area contributed by atoms with Gasteiger partial charge >= 0.3 is 11.9 Å². The Kier molecular flexibility index (Phi) is 46.0. The first-order valence-corrected chi connectivity index (χ1v) is 42.8. The summed E-state index contributed by atoms with van der Waals surface area (Å²) >= 11 is 0. The van der Waals surface area contributed by atoms with Crippen molar-refractivity contribution < 1.29 is 92.3 Å². The third kappa shape index (κ3) is 40.6. The van der Waals surface area contributed by atoms with E-state index in [4.69, 9.17) is 77.7 Å². The molecular weight excluding hydrogens is 1770 g/mol. The number of esters is 1. The lowest BCUT2D eigenvalue weighted by atomic mass is 10.0. The van der Waals surface area contributed by atoms with E-state index in [1.807, 2.05) is 0 Å². The number of aromatic nitrogens is 4. The number of carboxylic acids is 1. The van der Waals surface area contributed by atoms with Gasteiger partial charge in [-0.3, -0.25) is 89.4 Å². The van der Waals surface area contributed by atoms with Crippen LogP contribution in [0.5, 0.6) is 5.75 Å². The maximum atomic E-state index is 14.7. The highest BCUT2D eigenvalue weighted by molar-refractivity contribution is 6.00. The van der Waals surface area contributed by atoms with Crippen molar-refractivity contribution in [3.05, 3.63) is 107 Å². The maximum Gasteiger partial charge on any atom is 0.326 e. The Bertz CT molecular complexity index is 4920. The normalized spacial score (nSPS) is 13.3. The molecule has 5 aromatic rings. The van der Waals surface area contributed by atoms with Gasteiger partial charge in [0.1, 0.15) is 72.2 Å². The van der Waals surface area contributed by atoms with Crippen molar-refractivity contribution in [2.75, 3.05) is 76.0 Å². The van der Waals surface area contributed by atoms with Crippen LogP contribution in [-0.2, 0) is 86.5 Å². The Morgan fingerprint density at radius 2 is 0.815 bits per heavy atom. The number of guanidine groups is 5. The number of benzene rings is 3. The maximum absolute atomic E-state index is 14.7. The predicted molar refractivity (Wildman–Crippen MR) is 491 cm³/mol. The number of ether oxygens (including phenoxy) is 1. The minimum Gasteiger partial charge on any atom is -0.508 e. The molecule has 11 atom stereocenters. The molecule has 12 amide bonds. The molecule has 0 aliphatic rings. The van der Waals surface area contributed by atoms with E-state index in [-0.39, 0.29) is 156 Å². The van der Waals surface area contributed by atoms with Gasteiger partial charge in [0.15, 0.2) is 53.4 Å². The van der Waals surface area contributed by atoms with Crippen molar-refractivity contribution >= 4 is 141 Å². The zero-order chi connectivity index (χ0) is 100.0. The monoisotopic (exact) mass is 1890 g/mol. The molecule has 5 rings (SSSR count). The zero-order valence-corrected chi connectivity index (χ0v) is 74.7. The molecule has 0 aliphatic heterocycles. The van der Waals surface area contributed by atoms with Crippen molar-refractivity contribution in [3.8, 4) is 5.75 Å². The number of aliphatic hydroxyl groups is 2. The SMILES string of the molecule is CC(C)C[C@H](NC(=O)[C@H](CCCNC(=N)N)NC(=O)[C@H](CCCNC(=N)N)NC(=O)COC(=O)CC[C@H](NC(=O)c1ccc(N(C)Cc2cnc3nc(N)nc(N)c3n2)cc1)C(=O)O)C(=O)N[C@@H](CO)C(=O)N[C@@H](Cc1ccc(O)cc1)C(=O)N[C@@H](CO)C(=O)N[C@@H](CCCNC(=N)N)C(=O)N[C@@H](CCCNC(=N)N)C(=O)N[C@@H](CCCNC(=N)N)C(=O)N[C@@H](Cc1ccccc1)C(N)=O. The van der Waals surface area contributed by atoms with Gasteiger partial charge in [0.2, 0.25) is 65.0 Å². The molecule has 2 heterocycles. The number of carbonyl (C=O) groups is 14. The Morgan fingerprint density at radius 1 is 0.437 bits per heavy atom. The minimum absolute atomic E-state index is 0.000662. The van der Waals surface area contributed by atoms with Gasteiger partial charge < -0.3 is 161 Å². The Hall–Kier alpha value is -15.9. The van der Waals surface area contributed by atoms with Crippen LogP contribution in [0.3, 0.4) is 0 Å². The van der Waals surface area contributed by atoms with Crippen LogP contribution < -0.4 is 136 Å². The summed E-state index contributed by atoms with van der Waals surface area (Å²) in [4.78, 5) is 214. The fourth-order valence-electron chi connectivity index (χ4n) is 13.2. The average Bonchev–Trinajstić information content (AvgIpc) is 0.763. The first-order chi connectivity index (χ1) is 64.0. The number of primary amides is 1. The second kappa shape index (κ2) is 56.7. The van der Waals surface area contributed by atoms with Crippen molar-refractivity contribution in [1.82, 2.24) is 105 Å². The van der Waals surface area contributed by atoms with Crippen LogP contribution in [0.4, 0.5) is 17.5 Å². The summed E-state index contributed by atoms with van der Waals surface area (Å²) in [6.45, 7) is 0.0217. The van der Waals surface area contributed by atoms with E-state index in [1.54, 1.807) is 68.3 Å². The highest BCUT2D eigenvalue weighted by atomic mass is 16.5. The molecule has 0 unspecified atom stereocenters. The highest BCUT2D eigenvalue weighted by Gasteiger charge is 2.38. The van der Waals surface area contributed by atoms with Gasteiger partial charge in [-0.05, 0) is 130 Å². The summed E-state index contributed by atoms with van der Waals surface area (Å²) in [5, 5.41) is 120. The van der Waals surface area contributed by atoms with Gasteiger partial charge in [-0.1, -0.05) is 56.3 Å². The van der Waals surface area contributed by atoms with Crippen molar-refractivity contribution in [1.29, 1.82) is 27.0 Å². The number of nitrogens with two attached hydrogens (primary N) is 8. The molecule has 736 valence electrons. The number of phenolic OH excluding ortho intramolecular Hbond substituents is 1. The van der Waals surface area contributed by atoms with E-state index in [0.29, 0.717) is 16.9 Å². The summed E-state index contributed by atoms with van der Waals surface area (Å²) < 4.78 is 5.15. The van der Waals surface area contributed by atoms with Crippen LogP contribution in [0.15, 0.2) is 85.1 Å². The number of amides is 12. The van der Waals surface area contributed by atoms with Gasteiger partial charge in [0, 0.05) is 70.3 Å². The molecule has 53 heteroatoms. The second-order valence-corrected chi connectivity index (χ2v) is 31.5. The molecular formula is C82H124N34O19. The first-order valence-electron chi connectivity index (χ1n) is 42.8. The number of hydrogen-bond acceptors (Lipinski definition) is 30. The molecule has 0 saturated carbocycles. The van der Waals surface area contributed by atoms with Crippen LogP contribution in [0.2, 0.25) is 0 Å². The number of rotatable bonds is 59. The van der Waals surface area contributed by atoms with E-state index in [0.717, 1.165) is 0 Å². The van der Waals surface area contributed by atoms with Gasteiger partial charge in [0.05, 0.1) is 31.6 Å². The lowest BCUT2D eigenvalue weighted by Gasteiger charge is -2.28. The van der Waals surface area contributed by atoms with Crippen molar-refractivity contribution in [3.63, 3.8) is 0 Å². The fourth-order valence-corrected chi connectivity index (χ4v) is 13.2. The largest absolute Gasteiger partial charge is 0.508 e. The predicted octanol–water partition coefficient (Wildman–Crippen LogP) is -8.40. The average molecular weight is 1890 g/mol. The molecule has 0 aliphatic carbocycles. The van der Waals surface area contributed by atoms with Gasteiger partial charge in [-0.15, -0.1) is 0 Å². The topological polar surface area (TPSA) is 904 Å². The number of hydrogen-bond donors (Lipinski definition) is 33. The van der Waals surface area contributed by atoms with E-state index in [2.05, 4.69) is 105 Å². The third-order valence-electron chi connectivity index (χ3n) is 20.1. The molecule has 41 N–H and O–H groups in total. The number of nitrogens with zero attached hydrogens (tertiary/aromatic N) is 5. The molecule has 0 radical (unpaired) electrons. The molecule has 0 saturated heterocycles. The number of nitrogen functional groups attached to an aromatic ring is 2. The summed E-state index contributed by atoms with van der Waals surface area (Å²) in [6, 6.07) is 1.76. The highest BCUT2D eigenvalue weighted by Crippen LogP contribution is 2.21. The van der Waals surface area contributed by atoms with E-state index >= 15 is 0 Å². The molecule has 2 aromatic heterocycles. The van der Waals surface area contributed by atoms with Crippen LogP contribution in [0.25, 0.3) is 11.2 Å². The van der Waals surface area contributed by atoms with Gasteiger partial charge in [-0.2, -0.15) is 9.97 Å².